The molecule has 1 aromatic carbocycles. The van der Waals surface area contributed by atoms with Gasteiger partial charge in [-0.05, 0) is 18.2 Å². The van der Waals surface area contributed by atoms with Gasteiger partial charge in [0.2, 0.25) is 0 Å². The zero-order valence-corrected chi connectivity index (χ0v) is 6.59. The Morgan fingerprint density at radius 3 is 1.67 bits per heavy atom. The standard InChI is InChI=1S/C6H8N2.BrH/c7-5-2-1-3-6(8)4-5;/h1-4H,7-8H2;1H. The molecule has 3 heteroatoms. The molecular weight excluding hydrogens is 180 g/mol. The molecule has 4 N–H and O–H groups in total. The second-order valence-electron chi connectivity index (χ2n) is 1.67. The maximum atomic E-state index is 5.38. The zero-order chi connectivity index (χ0) is 5.98. The predicted molar refractivity (Wildman–Crippen MR) is 45.6 cm³/mol. The molecule has 0 spiro atoms. The topological polar surface area (TPSA) is 52.0 Å². The summed E-state index contributed by atoms with van der Waals surface area (Å²) in [7, 11) is 0. The molecule has 1 aromatic rings. The van der Waals surface area contributed by atoms with Gasteiger partial charge in [-0.1, -0.05) is 6.07 Å². The molecule has 0 saturated heterocycles. The van der Waals surface area contributed by atoms with Crippen LogP contribution >= 0.6 is 17.0 Å². The number of benzene rings is 1. The Morgan fingerprint density at radius 1 is 1.00 bits per heavy atom. The fourth-order valence-electron chi connectivity index (χ4n) is 0.559. The highest BCUT2D eigenvalue weighted by Gasteiger charge is 1.81. The molecule has 0 radical (unpaired) electrons. The minimum absolute atomic E-state index is 0. The summed E-state index contributed by atoms with van der Waals surface area (Å²) < 4.78 is 0. The molecule has 0 heterocycles. The Hall–Kier alpha value is -0.700. The first-order chi connectivity index (χ1) is 3.79. The molecule has 0 aliphatic carbocycles. The first-order valence-corrected chi connectivity index (χ1v) is 2.40. The molecule has 0 aliphatic heterocycles. The van der Waals surface area contributed by atoms with Crippen LogP contribution in [0.1, 0.15) is 0 Å². The number of rotatable bonds is 0. The van der Waals surface area contributed by atoms with Crippen LogP contribution < -0.4 is 11.5 Å². The van der Waals surface area contributed by atoms with Crippen LogP contribution in [0.15, 0.2) is 24.3 Å². The van der Waals surface area contributed by atoms with Crippen LogP contribution in [0.25, 0.3) is 0 Å². The van der Waals surface area contributed by atoms with Gasteiger partial charge in [-0.15, -0.1) is 17.0 Å². The monoisotopic (exact) mass is 188 g/mol. The summed E-state index contributed by atoms with van der Waals surface area (Å²) in [6.45, 7) is 0. The van der Waals surface area contributed by atoms with E-state index >= 15 is 0 Å². The Morgan fingerprint density at radius 2 is 1.44 bits per heavy atom. The number of anilines is 2. The summed E-state index contributed by atoms with van der Waals surface area (Å²) in [4.78, 5) is 0. The summed E-state index contributed by atoms with van der Waals surface area (Å²) in [5, 5.41) is 0. The van der Waals surface area contributed by atoms with Crippen molar-refractivity contribution >= 4 is 28.4 Å². The van der Waals surface area contributed by atoms with Crippen molar-refractivity contribution in [2.24, 2.45) is 0 Å². The molecule has 0 amide bonds. The maximum absolute atomic E-state index is 5.38. The van der Waals surface area contributed by atoms with Crippen LogP contribution in [0.2, 0.25) is 0 Å². The van der Waals surface area contributed by atoms with E-state index in [0.29, 0.717) is 11.4 Å². The van der Waals surface area contributed by atoms with Crippen LogP contribution in [0.4, 0.5) is 11.4 Å². The summed E-state index contributed by atoms with van der Waals surface area (Å²) in [6, 6.07) is 7.15. The second kappa shape index (κ2) is 3.35. The summed E-state index contributed by atoms with van der Waals surface area (Å²) in [5.74, 6) is 0. The molecule has 1 rings (SSSR count). The van der Waals surface area contributed by atoms with E-state index in [4.69, 9.17) is 11.5 Å². The highest BCUT2D eigenvalue weighted by molar-refractivity contribution is 8.93. The van der Waals surface area contributed by atoms with Gasteiger partial charge in [0.15, 0.2) is 0 Å². The lowest BCUT2D eigenvalue weighted by atomic mass is 10.3. The SMILES string of the molecule is Br.Nc1cccc(N)c1. The highest BCUT2D eigenvalue weighted by Crippen LogP contribution is 2.06. The molecule has 0 aromatic heterocycles. The lowest BCUT2D eigenvalue weighted by molar-refractivity contribution is 1.67. The van der Waals surface area contributed by atoms with Crippen molar-refractivity contribution in [2.75, 3.05) is 11.5 Å². The van der Waals surface area contributed by atoms with Gasteiger partial charge in [0.05, 0.1) is 0 Å². The third kappa shape index (κ3) is 2.37. The minimum Gasteiger partial charge on any atom is -0.399 e. The van der Waals surface area contributed by atoms with Crippen LogP contribution in [-0.4, -0.2) is 0 Å². The van der Waals surface area contributed by atoms with Crippen molar-refractivity contribution in [1.29, 1.82) is 0 Å². The Bertz CT molecular complexity index is 171. The van der Waals surface area contributed by atoms with Crippen molar-refractivity contribution in [2.45, 2.75) is 0 Å². The van der Waals surface area contributed by atoms with Gasteiger partial charge in [0.25, 0.3) is 0 Å². The van der Waals surface area contributed by atoms with E-state index in [9.17, 15) is 0 Å². The van der Waals surface area contributed by atoms with Gasteiger partial charge in [-0.3, -0.25) is 0 Å². The molecule has 0 fully saturated rings. The smallest absolute Gasteiger partial charge is 0.0334 e. The molecule has 0 saturated carbocycles. The second-order valence-corrected chi connectivity index (χ2v) is 1.67. The Labute approximate surface area is 64.6 Å². The van der Waals surface area contributed by atoms with Crippen molar-refractivity contribution in [3.63, 3.8) is 0 Å². The number of halogens is 1. The maximum Gasteiger partial charge on any atom is 0.0334 e. The number of hydrogen-bond acceptors (Lipinski definition) is 2. The van der Waals surface area contributed by atoms with E-state index in [-0.39, 0.29) is 17.0 Å². The van der Waals surface area contributed by atoms with E-state index in [2.05, 4.69) is 0 Å². The molecule has 9 heavy (non-hydrogen) atoms. The zero-order valence-electron chi connectivity index (χ0n) is 4.87. The van der Waals surface area contributed by atoms with E-state index in [1.807, 2.05) is 6.07 Å². The van der Waals surface area contributed by atoms with Gasteiger partial charge in [0.1, 0.15) is 0 Å². The average Bonchev–Trinajstić information content (AvgIpc) is 1.64. The molecule has 50 valence electrons. The number of hydrogen-bond donors (Lipinski definition) is 2. The fraction of sp³-hybridized carbons (Fsp3) is 0. The predicted octanol–water partition coefficient (Wildman–Crippen LogP) is 1.43. The first-order valence-electron chi connectivity index (χ1n) is 2.40. The van der Waals surface area contributed by atoms with Crippen LogP contribution in [0.3, 0.4) is 0 Å². The number of nitrogens with two attached hydrogens (primary N) is 2. The van der Waals surface area contributed by atoms with E-state index < -0.39 is 0 Å². The van der Waals surface area contributed by atoms with Crippen molar-refractivity contribution in [3.8, 4) is 0 Å². The van der Waals surface area contributed by atoms with E-state index in [1.54, 1.807) is 18.2 Å². The largest absolute Gasteiger partial charge is 0.399 e. The highest BCUT2D eigenvalue weighted by atomic mass is 79.9. The Balaban J connectivity index is 0.000000640. The first kappa shape index (κ1) is 8.30. The third-order valence-electron chi connectivity index (χ3n) is 0.911. The molecule has 0 bridgehead atoms. The summed E-state index contributed by atoms with van der Waals surface area (Å²) in [6.07, 6.45) is 0. The minimum atomic E-state index is 0. The van der Waals surface area contributed by atoms with E-state index in [0.717, 1.165) is 0 Å². The van der Waals surface area contributed by atoms with Crippen LogP contribution in [0, 0.1) is 0 Å². The fourth-order valence-corrected chi connectivity index (χ4v) is 0.559. The molecule has 0 unspecified atom stereocenters. The average molecular weight is 189 g/mol. The summed E-state index contributed by atoms with van der Waals surface area (Å²) >= 11 is 0. The molecule has 2 nitrogen and oxygen atoms in total. The van der Waals surface area contributed by atoms with Gasteiger partial charge in [0, 0.05) is 11.4 Å². The molecule has 0 atom stereocenters. The molecular formula is C6H9BrN2. The van der Waals surface area contributed by atoms with E-state index in [1.165, 1.54) is 0 Å². The van der Waals surface area contributed by atoms with Crippen molar-refractivity contribution < 1.29 is 0 Å². The van der Waals surface area contributed by atoms with Gasteiger partial charge >= 0.3 is 0 Å². The Kier molecular flexibility index (Phi) is 3.09. The van der Waals surface area contributed by atoms with Gasteiger partial charge in [-0.25, -0.2) is 0 Å². The van der Waals surface area contributed by atoms with Crippen LogP contribution in [-0.2, 0) is 0 Å². The van der Waals surface area contributed by atoms with Gasteiger partial charge < -0.3 is 11.5 Å². The number of nitrogen functional groups attached to an aromatic ring is 2. The third-order valence-corrected chi connectivity index (χ3v) is 0.911. The quantitative estimate of drug-likeness (QED) is 0.606. The van der Waals surface area contributed by atoms with Gasteiger partial charge in [-0.2, -0.15) is 0 Å². The molecule has 0 aliphatic rings. The lowest BCUT2D eigenvalue weighted by Crippen LogP contribution is -1.87. The van der Waals surface area contributed by atoms with Crippen LogP contribution in [0.5, 0.6) is 0 Å². The normalized spacial score (nSPS) is 8.00. The lowest BCUT2D eigenvalue weighted by Gasteiger charge is -1.91. The summed E-state index contributed by atoms with van der Waals surface area (Å²) in [5.41, 5.74) is 12.2. The van der Waals surface area contributed by atoms with Crippen molar-refractivity contribution in [3.05, 3.63) is 24.3 Å². The van der Waals surface area contributed by atoms with Crippen molar-refractivity contribution in [1.82, 2.24) is 0 Å².